The molecule has 3 aromatic rings. The standard InChI is InChI=1S/C27H32NO8PS2/c1-20-18-21(2)26(22(3)25(20)19-28(14-16-38(31,32)33)15-17-39(34,35)36)27(29)37(30,23-10-6-4-7-11-23)24-12-8-5-9-13-24/h4-13,18H,14-17,19H2,1-3H3,(H,31,32,33)(H,34,35,36). The van der Waals surface area contributed by atoms with Crippen LogP contribution in [-0.4, -0.2) is 61.0 Å². The number of carbonyl (C=O) groups is 1. The topological polar surface area (TPSA) is 146 Å². The van der Waals surface area contributed by atoms with Crippen LogP contribution < -0.4 is 10.6 Å². The molecule has 0 aliphatic heterocycles. The second-order valence-corrected chi connectivity index (χ2v) is 15.2. The van der Waals surface area contributed by atoms with E-state index in [1.165, 1.54) is 4.90 Å². The van der Waals surface area contributed by atoms with Crippen LogP contribution in [0, 0.1) is 20.8 Å². The van der Waals surface area contributed by atoms with Gasteiger partial charge < -0.3 is 4.57 Å². The quantitative estimate of drug-likeness (QED) is 0.238. The van der Waals surface area contributed by atoms with Gasteiger partial charge in [0.2, 0.25) is 12.7 Å². The fourth-order valence-electron chi connectivity index (χ4n) is 4.60. The number of hydrogen-bond donors (Lipinski definition) is 2. The number of hydrogen-bond acceptors (Lipinski definition) is 7. The van der Waals surface area contributed by atoms with Crippen molar-refractivity contribution in [2.45, 2.75) is 27.3 Å². The molecule has 0 saturated heterocycles. The largest absolute Gasteiger partial charge is 0.305 e. The van der Waals surface area contributed by atoms with Crippen LogP contribution in [0.5, 0.6) is 0 Å². The Hall–Kier alpha value is -2.66. The Morgan fingerprint density at radius 1 is 0.769 bits per heavy atom. The maximum atomic E-state index is 14.7. The molecule has 0 radical (unpaired) electrons. The van der Waals surface area contributed by atoms with Gasteiger partial charge in [0.25, 0.3) is 20.2 Å². The summed E-state index contributed by atoms with van der Waals surface area (Å²) in [5, 5.41) is 0.787. The van der Waals surface area contributed by atoms with E-state index in [9.17, 15) is 35.3 Å². The van der Waals surface area contributed by atoms with Crippen molar-refractivity contribution >= 4 is 43.5 Å². The van der Waals surface area contributed by atoms with Gasteiger partial charge in [-0.3, -0.25) is 18.8 Å². The molecule has 2 N–H and O–H groups in total. The molecule has 0 aliphatic carbocycles. The maximum absolute atomic E-state index is 14.7. The Labute approximate surface area is 229 Å². The van der Waals surface area contributed by atoms with Gasteiger partial charge in [-0.15, -0.1) is 0 Å². The first-order valence-corrected chi connectivity index (χ1v) is 17.0. The highest BCUT2D eigenvalue weighted by atomic mass is 32.2. The van der Waals surface area contributed by atoms with E-state index in [0.717, 1.165) is 5.56 Å². The molecule has 0 heterocycles. The molecular formula is C27H32NO8PS2. The SMILES string of the molecule is Cc1cc(C)c(C(=O)P(=O)(c2ccccc2)c2ccccc2)c(C)c1CN(CCS(=O)(=O)O)CCS(=O)(=O)O. The van der Waals surface area contributed by atoms with E-state index >= 15 is 0 Å². The minimum Gasteiger partial charge on any atom is -0.305 e. The smallest absolute Gasteiger partial charge is 0.266 e. The Kier molecular flexibility index (Phi) is 9.69. The normalized spacial score (nSPS) is 12.6. The van der Waals surface area contributed by atoms with Gasteiger partial charge in [0.05, 0.1) is 11.5 Å². The minimum absolute atomic E-state index is 0.0320. The molecule has 9 nitrogen and oxygen atoms in total. The first kappa shape index (κ1) is 30.9. The summed E-state index contributed by atoms with van der Waals surface area (Å²) < 4.78 is 78.7. The third kappa shape index (κ3) is 7.72. The number of rotatable bonds is 12. The van der Waals surface area contributed by atoms with E-state index in [1.54, 1.807) is 87.5 Å². The highest BCUT2D eigenvalue weighted by Gasteiger charge is 2.38. The summed E-state index contributed by atoms with van der Waals surface area (Å²) in [4.78, 5) is 15.7. The van der Waals surface area contributed by atoms with Crippen molar-refractivity contribution in [1.29, 1.82) is 0 Å². The maximum Gasteiger partial charge on any atom is 0.266 e. The van der Waals surface area contributed by atoms with Gasteiger partial charge in [0.1, 0.15) is 0 Å². The minimum atomic E-state index is -4.34. The molecule has 210 valence electrons. The van der Waals surface area contributed by atoms with Gasteiger partial charge in [-0.25, -0.2) is 0 Å². The molecule has 0 unspecified atom stereocenters. The van der Waals surface area contributed by atoms with E-state index in [-0.39, 0.29) is 25.2 Å². The lowest BCUT2D eigenvalue weighted by Gasteiger charge is -2.26. The Morgan fingerprint density at radius 3 is 1.62 bits per heavy atom. The Bertz CT molecular complexity index is 1530. The molecule has 39 heavy (non-hydrogen) atoms. The molecule has 3 rings (SSSR count). The lowest BCUT2D eigenvalue weighted by Crippen LogP contribution is -2.34. The van der Waals surface area contributed by atoms with Gasteiger partial charge in [-0.2, -0.15) is 16.8 Å². The van der Waals surface area contributed by atoms with Gasteiger partial charge in [-0.05, 0) is 43.0 Å². The van der Waals surface area contributed by atoms with Crippen LogP contribution in [0.25, 0.3) is 0 Å². The fraction of sp³-hybridized carbons (Fsp3) is 0.296. The average molecular weight is 594 g/mol. The van der Waals surface area contributed by atoms with Crippen LogP contribution in [0.15, 0.2) is 66.7 Å². The highest BCUT2D eigenvalue weighted by molar-refractivity contribution is 7.93. The third-order valence-electron chi connectivity index (χ3n) is 6.58. The Morgan fingerprint density at radius 2 is 1.21 bits per heavy atom. The molecular weight excluding hydrogens is 561 g/mol. The second kappa shape index (κ2) is 12.2. The number of aryl methyl sites for hydroxylation is 2. The van der Waals surface area contributed by atoms with Gasteiger partial charge in [0.15, 0.2) is 0 Å². The molecule has 0 saturated carbocycles. The first-order valence-electron chi connectivity index (χ1n) is 12.1. The van der Waals surface area contributed by atoms with Crippen LogP contribution in [0.1, 0.15) is 32.6 Å². The summed E-state index contributed by atoms with van der Waals surface area (Å²) in [5.41, 5.74) is 2.28. The molecule has 0 spiro atoms. The molecule has 0 bridgehead atoms. The van der Waals surface area contributed by atoms with Crippen molar-refractivity contribution in [3.8, 4) is 0 Å². The van der Waals surface area contributed by atoms with E-state index in [2.05, 4.69) is 0 Å². The van der Waals surface area contributed by atoms with E-state index in [0.29, 0.717) is 27.3 Å². The molecule has 0 fully saturated rings. The van der Waals surface area contributed by atoms with Crippen molar-refractivity contribution in [3.05, 3.63) is 94.5 Å². The van der Waals surface area contributed by atoms with E-state index < -0.39 is 44.4 Å². The lowest BCUT2D eigenvalue weighted by atomic mass is 9.93. The van der Waals surface area contributed by atoms with E-state index in [1.807, 2.05) is 0 Å². The molecule has 0 aromatic heterocycles. The molecule has 3 aromatic carbocycles. The summed E-state index contributed by atoms with van der Waals surface area (Å²) in [6.07, 6.45) is 0. The summed E-state index contributed by atoms with van der Waals surface area (Å²) >= 11 is 0. The third-order valence-corrected chi connectivity index (χ3v) is 10.8. The predicted molar refractivity (Wildman–Crippen MR) is 153 cm³/mol. The second-order valence-electron chi connectivity index (χ2n) is 9.42. The van der Waals surface area contributed by atoms with Gasteiger partial charge in [0, 0.05) is 35.8 Å². The fourth-order valence-corrected chi connectivity index (χ4v) is 8.19. The van der Waals surface area contributed by atoms with Crippen molar-refractivity contribution in [3.63, 3.8) is 0 Å². The van der Waals surface area contributed by atoms with Crippen LogP contribution >= 0.6 is 7.14 Å². The van der Waals surface area contributed by atoms with Crippen molar-refractivity contribution < 1.29 is 35.3 Å². The van der Waals surface area contributed by atoms with Crippen molar-refractivity contribution in [1.82, 2.24) is 4.90 Å². The number of nitrogens with zero attached hydrogens (tertiary/aromatic N) is 1. The molecule has 0 atom stereocenters. The zero-order valence-corrected chi connectivity index (χ0v) is 24.5. The summed E-state index contributed by atoms with van der Waals surface area (Å²) in [7, 11) is -12.5. The van der Waals surface area contributed by atoms with E-state index in [4.69, 9.17) is 0 Å². The average Bonchev–Trinajstić information content (AvgIpc) is 2.86. The van der Waals surface area contributed by atoms with Crippen LogP contribution in [0.4, 0.5) is 0 Å². The van der Waals surface area contributed by atoms with Crippen LogP contribution in [0.2, 0.25) is 0 Å². The number of carbonyl (C=O) groups excluding carboxylic acids is 1. The van der Waals surface area contributed by atoms with Crippen LogP contribution in [0.3, 0.4) is 0 Å². The summed E-state index contributed by atoms with van der Waals surface area (Å²) in [6, 6.07) is 18.9. The lowest BCUT2D eigenvalue weighted by molar-refractivity contribution is 0.107. The summed E-state index contributed by atoms with van der Waals surface area (Å²) in [5.74, 6) is -1.29. The predicted octanol–water partition coefficient (Wildman–Crippen LogP) is 3.34. The van der Waals surface area contributed by atoms with Gasteiger partial charge >= 0.3 is 0 Å². The molecule has 0 amide bonds. The van der Waals surface area contributed by atoms with Crippen molar-refractivity contribution in [2.24, 2.45) is 0 Å². The zero-order valence-electron chi connectivity index (χ0n) is 21.9. The molecule has 0 aliphatic rings. The highest BCUT2D eigenvalue weighted by Crippen LogP contribution is 2.48. The van der Waals surface area contributed by atoms with Gasteiger partial charge in [-0.1, -0.05) is 66.7 Å². The van der Waals surface area contributed by atoms with Crippen LogP contribution in [-0.2, 0) is 31.3 Å². The summed E-state index contributed by atoms with van der Waals surface area (Å²) in [6.45, 7) is 4.89. The monoisotopic (exact) mass is 593 g/mol. The molecule has 12 heteroatoms. The Balaban J connectivity index is 2.13. The van der Waals surface area contributed by atoms with Crippen molar-refractivity contribution in [2.75, 3.05) is 24.6 Å². The zero-order chi connectivity index (χ0) is 29.0. The number of benzene rings is 3. The first-order chi connectivity index (χ1) is 18.1.